The average molecular weight is 322 g/mol. The Morgan fingerprint density at radius 2 is 1.83 bits per heavy atom. The Balaban J connectivity index is 0.000000149. The molecule has 1 unspecified atom stereocenters. The van der Waals surface area contributed by atoms with Crippen molar-refractivity contribution in [1.82, 2.24) is 5.32 Å². The Kier molecular flexibility index (Phi) is 5.39. The van der Waals surface area contributed by atoms with Crippen molar-refractivity contribution in [3.63, 3.8) is 0 Å². The zero-order valence-electron chi connectivity index (χ0n) is 13.6. The standard InChI is InChI=1S/C11H13NO2.C9H9N/c13-11(14)7-10-9-4-2-1-3-8(9)5-6-12-10;1-2-4-9-7-10-6-5-8(9)3-1/h1-4,10,12H,5-7H2,(H,13,14);1-4,7H,5-6H2. The molecule has 0 radical (unpaired) electrons. The first-order valence-corrected chi connectivity index (χ1v) is 8.35. The van der Waals surface area contributed by atoms with E-state index >= 15 is 0 Å². The minimum absolute atomic E-state index is 0.0163. The smallest absolute Gasteiger partial charge is 0.305 e. The number of carbonyl (C=O) groups is 1. The molecule has 2 heterocycles. The summed E-state index contributed by atoms with van der Waals surface area (Å²) in [6, 6.07) is 16.4. The second-order valence-corrected chi connectivity index (χ2v) is 6.04. The molecule has 124 valence electrons. The summed E-state index contributed by atoms with van der Waals surface area (Å²) in [5.41, 5.74) is 5.13. The van der Waals surface area contributed by atoms with Gasteiger partial charge in [-0.15, -0.1) is 0 Å². The third kappa shape index (κ3) is 4.09. The van der Waals surface area contributed by atoms with E-state index in [-0.39, 0.29) is 12.5 Å². The van der Waals surface area contributed by atoms with Crippen LogP contribution in [0.25, 0.3) is 0 Å². The van der Waals surface area contributed by atoms with Crippen molar-refractivity contribution in [2.24, 2.45) is 4.99 Å². The number of fused-ring (bicyclic) bond motifs is 2. The molecule has 0 aliphatic carbocycles. The summed E-state index contributed by atoms with van der Waals surface area (Å²) in [7, 11) is 0. The van der Waals surface area contributed by atoms with Gasteiger partial charge < -0.3 is 10.4 Å². The number of hydrogen-bond acceptors (Lipinski definition) is 3. The van der Waals surface area contributed by atoms with Gasteiger partial charge in [-0.25, -0.2) is 0 Å². The number of nitrogens with zero attached hydrogens (tertiary/aromatic N) is 1. The van der Waals surface area contributed by atoms with Gasteiger partial charge >= 0.3 is 5.97 Å². The zero-order valence-corrected chi connectivity index (χ0v) is 13.6. The van der Waals surface area contributed by atoms with Crippen LogP contribution in [0.5, 0.6) is 0 Å². The maximum atomic E-state index is 10.6. The van der Waals surface area contributed by atoms with Crippen molar-refractivity contribution >= 4 is 12.2 Å². The summed E-state index contributed by atoms with van der Waals surface area (Å²) in [4.78, 5) is 14.8. The third-order valence-electron chi connectivity index (χ3n) is 4.39. The van der Waals surface area contributed by atoms with Crippen LogP contribution < -0.4 is 5.32 Å². The van der Waals surface area contributed by atoms with Crippen LogP contribution in [0.4, 0.5) is 0 Å². The molecule has 2 aliphatic rings. The van der Waals surface area contributed by atoms with Crippen LogP contribution in [0.2, 0.25) is 0 Å². The van der Waals surface area contributed by atoms with Gasteiger partial charge in [0.2, 0.25) is 0 Å². The molecule has 0 aromatic heterocycles. The van der Waals surface area contributed by atoms with E-state index in [0.29, 0.717) is 0 Å². The van der Waals surface area contributed by atoms with E-state index in [2.05, 4.69) is 40.6 Å². The molecule has 24 heavy (non-hydrogen) atoms. The first-order valence-electron chi connectivity index (χ1n) is 8.35. The van der Waals surface area contributed by atoms with E-state index in [9.17, 15) is 4.79 Å². The van der Waals surface area contributed by atoms with E-state index in [1.54, 1.807) is 0 Å². The molecule has 2 aromatic carbocycles. The van der Waals surface area contributed by atoms with E-state index < -0.39 is 5.97 Å². The van der Waals surface area contributed by atoms with Gasteiger partial charge in [-0.3, -0.25) is 9.79 Å². The normalized spacial score (nSPS) is 17.9. The first-order chi connectivity index (χ1) is 11.7. The molecule has 4 heteroatoms. The highest BCUT2D eigenvalue weighted by atomic mass is 16.4. The van der Waals surface area contributed by atoms with Crippen LogP contribution in [-0.4, -0.2) is 30.4 Å². The number of carboxylic acids is 1. The lowest BCUT2D eigenvalue weighted by atomic mass is 9.93. The first kappa shape index (κ1) is 16.4. The molecule has 0 amide bonds. The quantitative estimate of drug-likeness (QED) is 0.893. The molecule has 0 spiro atoms. The molecule has 0 bridgehead atoms. The lowest BCUT2D eigenvalue weighted by Crippen LogP contribution is -2.31. The summed E-state index contributed by atoms with van der Waals surface area (Å²) in [5, 5.41) is 12.0. The summed E-state index contributed by atoms with van der Waals surface area (Å²) < 4.78 is 0. The van der Waals surface area contributed by atoms with Crippen molar-refractivity contribution in [3.05, 3.63) is 70.8 Å². The van der Waals surface area contributed by atoms with E-state index in [1.807, 2.05) is 24.4 Å². The van der Waals surface area contributed by atoms with Crippen LogP contribution in [0.3, 0.4) is 0 Å². The lowest BCUT2D eigenvalue weighted by Gasteiger charge is -2.25. The minimum atomic E-state index is -0.751. The molecule has 2 aromatic rings. The molecular formula is C20H22N2O2. The number of hydrogen-bond donors (Lipinski definition) is 2. The number of benzene rings is 2. The molecule has 4 nitrogen and oxygen atoms in total. The Hall–Kier alpha value is -2.46. The van der Waals surface area contributed by atoms with E-state index in [0.717, 1.165) is 31.5 Å². The summed E-state index contributed by atoms with van der Waals surface area (Å²) in [6.45, 7) is 1.83. The molecule has 2 aliphatic heterocycles. The van der Waals surface area contributed by atoms with E-state index in [1.165, 1.54) is 16.7 Å². The van der Waals surface area contributed by atoms with Gasteiger partial charge in [0.05, 0.1) is 6.42 Å². The van der Waals surface area contributed by atoms with Crippen molar-refractivity contribution in [2.75, 3.05) is 13.1 Å². The predicted molar refractivity (Wildman–Crippen MR) is 95.7 cm³/mol. The molecule has 4 rings (SSSR count). The molecule has 0 saturated carbocycles. The van der Waals surface area contributed by atoms with Crippen molar-refractivity contribution in [2.45, 2.75) is 25.3 Å². The largest absolute Gasteiger partial charge is 0.481 e. The van der Waals surface area contributed by atoms with Gasteiger partial charge in [-0.1, -0.05) is 48.5 Å². The van der Waals surface area contributed by atoms with Crippen LogP contribution in [0.15, 0.2) is 53.5 Å². The number of aliphatic carboxylic acids is 1. The SMILES string of the molecule is C1=NCCc2ccccc21.O=C(O)CC1NCCc2ccccc21. The maximum Gasteiger partial charge on any atom is 0.305 e. The van der Waals surface area contributed by atoms with Crippen LogP contribution in [-0.2, 0) is 17.6 Å². The average Bonchev–Trinajstić information content (AvgIpc) is 2.62. The summed E-state index contributed by atoms with van der Waals surface area (Å²) in [6.07, 6.45) is 4.22. The lowest BCUT2D eigenvalue weighted by molar-refractivity contribution is -0.137. The monoisotopic (exact) mass is 322 g/mol. The van der Waals surface area contributed by atoms with Crippen LogP contribution in [0.1, 0.15) is 34.7 Å². The molecule has 1 atom stereocenters. The Morgan fingerprint density at radius 3 is 2.62 bits per heavy atom. The fraction of sp³-hybridized carbons (Fsp3) is 0.300. The van der Waals surface area contributed by atoms with Gasteiger partial charge in [-0.05, 0) is 41.6 Å². The number of carboxylic acid groups (broad SMARTS) is 1. The predicted octanol–water partition coefficient (Wildman–Crippen LogP) is 3.01. The zero-order chi connectivity index (χ0) is 16.8. The number of rotatable bonds is 2. The highest BCUT2D eigenvalue weighted by molar-refractivity contribution is 5.82. The Morgan fingerprint density at radius 1 is 1.08 bits per heavy atom. The summed E-state index contributed by atoms with van der Waals surface area (Å²) >= 11 is 0. The fourth-order valence-corrected chi connectivity index (χ4v) is 3.19. The van der Waals surface area contributed by atoms with Crippen molar-refractivity contribution in [3.8, 4) is 0 Å². The Bertz CT molecular complexity index is 740. The highest BCUT2D eigenvalue weighted by Gasteiger charge is 2.20. The van der Waals surface area contributed by atoms with Crippen LogP contribution in [0, 0.1) is 0 Å². The third-order valence-corrected chi connectivity index (χ3v) is 4.39. The second kappa shape index (κ2) is 7.88. The number of nitrogens with one attached hydrogen (secondary N) is 1. The highest BCUT2D eigenvalue weighted by Crippen LogP contribution is 2.24. The second-order valence-electron chi connectivity index (χ2n) is 6.04. The van der Waals surface area contributed by atoms with Gasteiger partial charge in [0.25, 0.3) is 0 Å². The Labute approximate surface area is 142 Å². The van der Waals surface area contributed by atoms with Crippen molar-refractivity contribution in [1.29, 1.82) is 0 Å². The van der Waals surface area contributed by atoms with Crippen LogP contribution >= 0.6 is 0 Å². The fourth-order valence-electron chi connectivity index (χ4n) is 3.19. The number of aliphatic imine (C=N–C) groups is 1. The molecular weight excluding hydrogens is 300 g/mol. The van der Waals surface area contributed by atoms with Gasteiger partial charge in [0, 0.05) is 18.8 Å². The molecule has 0 saturated heterocycles. The topological polar surface area (TPSA) is 61.7 Å². The van der Waals surface area contributed by atoms with Crippen molar-refractivity contribution < 1.29 is 9.90 Å². The maximum absolute atomic E-state index is 10.6. The van der Waals surface area contributed by atoms with Gasteiger partial charge in [0.1, 0.15) is 0 Å². The van der Waals surface area contributed by atoms with Gasteiger partial charge in [-0.2, -0.15) is 0 Å². The minimum Gasteiger partial charge on any atom is -0.481 e. The van der Waals surface area contributed by atoms with Gasteiger partial charge in [0.15, 0.2) is 0 Å². The van der Waals surface area contributed by atoms with E-state index in [4.69, 9.17) is 5.11 Å². The summed E-state index contributed by atoms with van der Waals surface area (Å²) in [5.74, 6) is -0.751. The molecule has 0 fully saturated rings. The molecule has 2 N–H and O–H groups in total.